The molecule has 0 aliphatic heterocycles. The molecule has 1 saturated carbocycles. The minimum atomic E-state index is -1.19. The van der Waals surface area contributed by atoms with Crippen LogP contribution in [0.15, 0.2) is 15.7 Å². The lowest BCUT2D eigenvalue weighted by Gasteiger charge is -2.15. The molecule has 2 heterocycles. The zero-order valence-corrected chi connectivity index (χ0v) is 15.4. The molecule has 0 unspecified atom stereocenters. The first-order chi connectivity index (χ1) is 12.7. The minimum Gasteiger partial charge on any atom is -0.480 e. The molecule has 0 aromatic carbocycles. The van der Waals surface area contributed by atoms with Crippen LogP contribution in [0.1, 0.15) is 55.6 Å². The number of aliphatic carboxylic acids is 1. The van der Waals surface area contributed by atoms with E-state index in [0.717, 1.165) is 12.8 Å². The number of H-pyrrole nitrogens is 1. The second kappa shape index (κ2) is 6.98. The number of fused-ring (bicyclic) bond motifs is 1. The van der Waals surface area contributed by atoms with Crippen molar-refractivity contribution in [2.45, 2.75) is 52.1 Å². The molecule has 3 rings (SSSR count). The van der Waals surface area contributed by atoms with Crippen molar-refractivity contribution < 1.29 is 14.7 Å². The lowest BCUT2D eigenvalue weighted by molar-refractivity contribution is -0.138. The van der Waals surface area contributed by atoms with Crippen molar-refractivity contribution >= 4 is 22.9 Å². The van der Waals surface area contributed by atoms with Crippen molar-refractivity contribution in [1.82, 2.24) is 19.9 Å². The van der Waals surface area contributed by atoms with Crippen molar-refractivity contribution in [1.29, 1.82) is 0 Å². The smallest absolute Gasteiger partial charge is 0.330 e. The van der Waals surface area contributed by atoms with Gasteiger partial charge in [-0.2, -0.15) is 0 Å². The van der Waals surface area contributed by atoms with Gasteiger partial charge in [-0.25, -0.2) is 9.78 Å². The average molecular weight is 374 g/mol. The third-order valence-corrected chi connectivity index (χ3v) is 4.47. The van der Waals surface area contributed by atoms with Crippen LogP contribution in [-0.4, -0.2) is 37.6 Å². The lowest BCUT2D eigenvalue weighted by atomic mass is 10.1. The number of carboxylic acid groups (broad SMARTS) is 1. The highest BCUT2D eigenvalue weighted by Gasteiger charge is 2.29. The van der Waals surface area contributed by atoms with E-state index in [0.29, 0.717) is 12.2 Å². The topological polar surface area (TPSA) is 134 Å². The Morgan fingerprint density at radius 1 is 1.33 bits per heavy atom. The molecule has 9 heteroatoms. The van der Waals surface area contributed by atoms with Crippen molar-refractivity contribution in [3.8, 4) is 0 Å². The molecule has 3 N–H and O–H groups in total. The number of carbonyl (C=O) groups excluding carboxylic acids is 1. The van der Waals surface area contributed by atoms with Crippen LogP contribution in [-0.2, 0) is 11.3 Å². The molecular weight excluding hydrogens is 352 g/mol. The van der Waals surface area contributed by atoms with Gasteiger partial charge in [0.2, 0.25) is 0 Å². The van der Waals surface area contributed by atoms with Crippen molar-refractivity contribution in [3.05, 3.63) is 38.2 Å². The standard InChI is InChI=1S/C18H22N4O5/c1-8(2)7-22-14-13(16(24)21-18(22)27)11(6-12(20-14)10-4-5-10)15(23)19-9(3)17(25)26/h6,8-10H,4-5,7H2,1-3H3,(H,19,23)(H,25,26)(H,21,24,27)/t9-/m1/s1. The number of carbonyl (C=O) groups is 2. The molecule has 27 heavy (non-hydrogen) atoms. The van der Waals surface area contributed by atoms with Gasteiger partial charge >= 0.3 is 11.7 Å². The molecule has 0 saturated heterocycles. The first kappa shape index (κ1) is 18.8. The van der Waals surface area contributed by atoms with E-state index in [4.69, 9.17) is 5.11 Å². The van der Waals surface area contributed by atoms with Gasteiger partial charge in [-0.15, -0.1) is 0 Å². The SMILES string of the molecule is CC(C)Cn1c(=O)[nH]c(=O)c2c(C(=O)N[C@H](C)C(=O)O)cc(C3CC3)nc21. The number of aromatic nitrogens is 3. The van der Waals surface area contributed by atoms with E-state index < -0.39 is 29.2 Å². The summed E-state index contributed by atoms with van der Waals surface area (Å²) in [6.45, 7) is 5.52. The van der Waals surface area contributed by atoms with Crippen LogP contribution < -0.4 is 16.6 Å². The first-order valence-corrected chi connectivity index (χ1v) is 8.90. The van der Waals surface area contributed by atoms with Crippen molar-refractivity contribution in [2.24, 2.45) is 5.92 Å². The normalized spacial score (nSPS) is 15.1. The minimum absolute atomic E-state index is 0.00487. The maximum absolute atomic E-state index is 12.7. The number of carboxylic acids is 1. The Kier molecular flexibility index (Phi) is 4.86. The zero-order valence-electron chi connectivity index (χ0n) is 15.4. The fraction of sp³-hybridized carbons (Fsp3) is 0.500. The number of rotatable bonds is 6. The highest BCUT2D eigenvalue weighted by Crippen LogP contribution is 2.39. The fourth-order valence-corrected chi connectivity index (χ4v) is 2.93. The first-order valence-electron chi connectivity index (χ1n) is 8.90. The molecular formula is C18H22N4O5. The molecule has 2 aromatic rings. The summed E-state index contributed by atoms with van der Waals surface area (Å²) in [5.41, 5.74) is -0.452. The van der Waals surface area contributed by atoms with E-state index in [9.17, 15) is 19.2 Å². The molecule has 9 nitrogen and oxygen atoms in total. The largest absolute Gasteiger partial charge is 0.480 e. The molecule has 144 valence electrons. The molecule has 1 aliphatic carbocycles. The highest BCUT2D eigenvalue weighted by molar-refractivity contribution is 6.06. The Balaban J connectivity index is 2.26. The van der Waals surface area contributed by atoms with E-state index in [1.165, 1.54) is 17.6 Å². The fourth-order valence-electron chi connectivity index (χ4n) is 2.93. The van der Waals surface area contributed by atoms with Gasteiger partial charge in [0.25, 0.3) is 11.5 Å². The predicted molar refractivity (Wildman–Crippen MR) is 98.0 cm³/mol. The Hall–Kier alpha value is -2.97. The van der Waals surface area contributed by atoms with E-state index in [2.05, 4.69) is 15.3 Å². The summed E-state index contributed by atoms with van der Waals surface area (Å²) in [5.74, 6) is -1.57. The van der Waals surface area contributed by atoms with Crippen molar-refractivity contribution in [2.75, 3.05) is 0 Å². The Morgan fingerprint density at radius 2 is 2.00 bits per heavy atom. The summed E-state index contributed by atoms with van der Waals surface area (Å²) in [4.78, 5) is 55.3. The summed E-state index contributed by atoms with van der Waals surface area (Å²) >= 11 is 0. The summed E-state index contributed by atoms with van der Waals surface area (Å²) in [5, 5.41) is 11.4. The number of hydrogen-bond donors (Lipinski definition) is 3. The van der Waals surface area contributed by atoms with Gasteiger partial charge in [0.15, 0.2) is 5.65 Å². The van der Waals surface area contributed by atoms with Crippen LogP contribution in [0.25, 0.3) is 11.0 Å². The van der Waals surface area contributed by atoms with E-state index in [1.54, 1.807) is 0 Å². The number of nitrogens with zero attached hydrogens (tertiary/aromatic N) is 2. The third kappa shape index (κ3) is 3.76. The Bertz CT molecular complexity index is 1030. The molecule has 2 aromatic heterocycles. The predicted octanol–water partition coefficient (Wildman–Crippen LogP) is 0.821. The average Bonchev–Trinajstić information content (AvgIpc) is 3.42. The number of nitrogens with one attached hydrogen (secondary N) is 2. The van der Waals surface area contributed by atoms with Gasteiger partial charge < -0.3 is 10.4 Å². The van der Waals surface area contributed by atoms with Crippen LogP contribution in [0.4, 0.5) is 0 Å². The quantitative estimate of drug-likeness (QED) is 0.685. The summed E-state index contributed by atoms with van der Waals surface area (Å²) < 4.78 is 1.37. The van der Waals surface area contributed by atoms with Crippen molar-refractivity contribution in [3.63, 3.8) is 0 Å². The summed E-state index contributed by atoms with van der Waals surface area (Å²) in [6.07, 6.45) is 1.84. The van der Waals surface area contributed by atoms with Gasteiger partial charge in [0.1, 0.15) is 6.04 Å². The van der Waals surface area contributed by atoms with Gasteiger partial charge in [-0.1, -0.05) is 13.8 Å². The van der Waals surface area contributed by atoms with Gasteiger partial charge in [-0.3, -0.25) is 23.9 Å². The Labute approximate surface area is 154 Å². The van der Waals surface area contributed by atoms with E-state index in [-0.39, 0.29) is 28.4 Å². The third-order valence-electron chi connectivity index (χ3n) is 4.47. The number of amides is 1. The summed E-state index contributed by atoms with van der Waals surface area (Å²) in [7, 11) is 0. The van der Waals surface area contributed by atoms with Crippen LogP contribution in [0.3, 0.4) is 0 Å². The molecule has 0 radical (unpaired) electrons. The molecule has 0 spiro atoms. The van der Waals surface area contributed by atoms with Crippen LogP contribution >= 0.6 is 0 Å². The maximum atomic E-state index is 12.7. The number of aromatic amines is 1. The van der Waals surface area contributed by atoms with E-state index >= 15 is 0 Å². The second-order valence-corrected chi connectivity index (χ2v) is 7.36. The molecule has 1 fully saturated rings. The monoisotopic (exact) mass is 374 g/mol. The molecule has 0 bridgehead atoms. The van der Waals surface area contributed by atoms with Gasteiger partial charge in [0, 0.05) is 18.2 Å². The van der Waals surface area contributed by atoms with Crippen LogP contribution in [0, 0.1) is 5.92 Å². The lowest BCUT2D eigenvalue weighted by Crippen LogP contribution is -2.39. The van der Waals surface area contributed by atoms with E-state index in [1.807, 2.05) is 13.8 Å². The second-order valence-electron chi connectivity index (χ2n) is 7.36. The molecule has 1 aliphatic rings. The summed E-state index contributed by atoms with van der Waals surface area (Å²) in [6, 6.07) is 0.411. The van der Waals surface area contributed by atoms with Gasteiger partial charge in [0.05, 0.1) is 10.9 Å². The number of hydrogen-bond acceptors (Lipinski definition) is 5. The molecule has 1 amide bonds. The number of pyridine rings is 1. The zero-order chi connectivity index (χ0) is 19.9. The van der Waals surface area contributed by atoms with Crippen LogP contribution in [0.5, 0.6) is 0 Å². The van der Waals surface area contributed by atoms with Crippen LogP contribution in [0.2, 0.25) is 0 Å². The van der Waals surface area contributed by atoms with Gasteiger partial charge in [-0.05, 0) is 31.7 Å². The Morgan fingerprint density at radius 3 is 2.56 bits per heavy atom. The highest BCUT2D eigenvalue weighted by atomic mass is 16.4. The molecule has 1 atom stereocenters. The maximum Gasteiger partial charge on any atom is 0.330 e.